The second-order valence-electron chi connectivity index (χ2n) is 4.02. The van der Waals surface area contributed by atoms with Gasteiger partial charge in [-0.2, -0.15) is 10.2 Å². The van der Waals surface area contributed by atoms with E-state index >= 15 is 0 Å². The Balaban J connectivity index is 2.01. The first-order valence-electron chi connectivity index (χ1n) is 5.52. The van der Waals surface area contributed by atoms with Crippen molar-refractivity contribution in [2.24, 2.45) is 7.05 Å². The van der Waals surface area contributed by atoms with Gasteiger partial charge in [0.1, 0.15) is 6.54 Å². The van der Waals surface area contributed by atoms with Crippen LogP contribution >= 0.6 is 0 Å². The van der Waals surface area contributed by atoms with Gasteiger partial charge in [-0.1, -0.05) is 0 Å². The van der Waals surface area contributed by atoms with Crippen LogP contribution < -0.4 is 5.32 Å². The maximum Gasteiger partial charge on any atom is 0.356 e. The van der Waals surface area contributed by atoms with Gasteiger partial charge < -0.3 is 10.4 Å². The molecule has 0 saturated heterocycles. The molecule has 0 bridgehead atoms. The number of hydrogen-bond acceptors (Lipinski definition) is 4. The number of nitrogens with zero attached hydrogens (tertiary/aromatic N) is 4. The number of anilines is 1. The van der Waals surface area contributed by atoms with E-state index in [-0.39, 0.29) is 18.1 Å². The van der Waals surface area contributed by atoms with Gasteiger partial charge in [0.25, 0.3) is 0 Å². The third-order valence-electron chi connectivity index (χ3n) is 2.67. The van der Waals surface area contributed by atoms with Crippen molar-refractivity contribution >= 4 is 17.6 Å². The van der Waals surface area contributed by atoms with Crippen molar-refractivity contribution in [3.8, 4) is 0 Å². The molecule has 1 amide bonds. The normalized spacial score (nSPS) is 10.4. The Morgan fingerprint density at radius 2 is 2.21 bits per heavy atom. The zero-order chi connectivity index (χ0) is 14.0. The number of carboxylic acid groups (broad SMARTS) is 1. The van der Waals surface area contributed by atoms with Gasteiger partial charge in [-0.05, 0) is 13.0 Å². The molecule has 0 radical (unpaired) electrons. The number of aromatic carboxylic acids is 1. The fourth-order valence-electron chi connectivity index (χ4n) is 1.52. The van der Waals surface area contributed by atoms with Crippen molar-refractivity contribution in [3.63, 3.8) is 0 Å². The van der Waals surface area contributed by atoms with Gasteiger partial charge in [0.2, 0.25) is 5.91 Å². The van der Waals surface area contributed by atoms with Gasteiger partial charge in [-0.3, -0.25) is 14.2 Å². The lowest BCUT2D eigenvalue weighted by Crippen LogP contribution is -2.19. The lowest BCUT2D eigenvalue weighted by Gasteiger charge is -2.04. The van der Waals surface area contributed by atoms with Crippen LogP contribution in [0, 0.1) is 6.92 Å². The van der Waals surface area contributed by atoms with E-state index in [2.05, 4.69) is 15.5 Å². The molecule has 2 aromatic heterocycles. The minimum Gasteiger partial charge on any atom is -0.476 e. The number of rotatable bonds is 4. The van der Waals surface area contributed by atoms with Gasteiger partial charge in [0.05, 0.1) is 17.6 Å². The zero-order valence-corrected chi connectivity index (χ0v) is 10.5. The van der Waals surface area contributed by atoms with Gasteiger partial charge in [-0.25, -0.2) is 4.79 Å². The molecule has 2 aromatic rings. The number of aryl methyl sites for hydroxylation is 1. The van der Waals surface area contributed by atoms with Gasteiger partial charge in [0.15, 0.2) is 5.69 Å². The SMILES string of the molecule is Cc1c(NC(=O)Cn2ccc(C(=O)O)n2)cnn1C. The number of carbonyl (C=O) groups excluding carboxylic acids is 1. The molecule has 8 nitrogen and oxygen atoms in total. The molecule has 19 heavy (non-hydrogen) atoms. The van der Waals surface area contributed by atoms with Crippen LogP contribution in [0.2, 0.25) is 0 Å². The molecule has 0 unspecified atom stereocenters. The minimum atomic E-state index is -1.12. The zero-order valence-electron chi connectivity index (χ0n) is 10.5. The summed E-state index contributed by atoms with van der Waals surface area (Å²) in [6, 6.07) is 1.34. The lowest BCUT2D eigenvalue weighted by atomic mass is 10.4. The van der Waals surface area contributed by atoms with Gasteiger partial charge >= 0.3 is 5.97 Å². The minimum absolute atomic E-state index is 0.0540. The predicted molar refractivity (Wildman–Crippen MR) is 65.8 cm³/mol. The highest BCUT2D eigenvalue weighted by molar-refractivity contribution is 5.91. The Kier molecular flexibility index (Phi) is 3.32. The molecule has 0 aliphatic carbocycles. The highest BCUT2D eigenvalue weighted by Crippen LogP contribution is 2.11. The van der Waals surface area contributed by atoms with Crippen molar-refractivity contribution in [2.45, 2.75) is 13.5 Å². The molecule has 0 aliphatic rings. The molecule has 100 valence electrons. The summed E-state index contributed by atoms with van der Waals surface area (Å²) < 4.78 is 2.91. The fraction of sp³-hybridized carbons (Fsp3) is 0.273. The Bertz CT molecular complexity index is 628. The average molecular weight is 263 g/mol. The predicted octanol–water partition coefficient (Wildman–Crippen LogP) is 0.262. The third-order valence-corrected chi connectivity index (χ3v) is 2.67. The molecule has 2 heterocycles. The van der Waals surface area contributed by atoms with Gasteiger partial charge in [0, 0.05) is 13.2 Å². The fourth-order valence-corrected chi connectivity index (χ4v) is 1.52. The highest BCUT2D eigenvalue weighted by atomic mass is 16.4. The molecule has 8 heteroatoms. The standard InChI is InChI=1S/C11H13N5O3/c1-7-9(5-12-15(7)2)13-10(17)6-16-4-3-8(14-16)11(18)19/h3-5H,6H2,1-2H3,(H,13,17)(H,18,19). The van der Waals surface area contributed by atoms with Crippen LogP contribution in [0.1, 0.15) is 16.2 Å². The van der Waals surface area contributed by atoms with E-state index in [1.807, 2.05) is 6.92 Å². The van der Waals surface area contributed by atoms with E-state index in [1.54, 1.807) is 17.9 Å². The maximum atomic E-state index is 11.8. The number of aromatic nitrogens is 4. The Hall–Kier alpha value is -2.64. The third kappa shape index (κ3) is 2.79. The molecule has 0 spiro atoms. The van der Waals surface area contributed by atoms with E-state index in [9.17, 15) is 9.59 Å². The Morgan fingerprint density at radius 3 is 2.74 bits per heavy atom. The van der Waals surface area contributed by atoms with E-state index in [1.165, 1.54) is 16.9 Å². The molecule has 0 atom stereocenters. The van der Waals surface area contributed by atoms with Crippen LogP contribution in [0.4, 0.5) is 5.69 Å². The van der Waals surface area contributed by atoms with Crippen LogP contribution in [0.3, 0.4) is 0 Å². The molecule has 2 N–H and O–H groups in total. The first-order valence-corrected chi connectivity index (χ1v) is 5.52. The van der Waals surface area contributed by atoms with E-state index < -0.39 is 5.97 Å². The summed E-state index contributed by atoms with van der Waals surface area (Å²) in [6.07, 6.45) is 3.00. The summed E-state index contributed by atoms with van der Waals surface area (Å²) in [4.78, 5) is 22.4. The summed E-state index contributed by atoms with van der Waals surface area (Å²) in [5.74, 6) is -1.42. The monoisotopic (exact) mass is 263 g/mol. The number of hydrogen-bond donors (Lipinski definition) is 2. The number of carbonyl (C=O) groups is 2. The Morgan fingerprint density at radius 1 is 1.47 bits per heavy atom. The number of amides is 1. The Labute approximate surface area is 108 Å². The van der Waals surface area contributed by atoms with E-state index in [0.29, 0.717) is 5.69 Å². The van der Waals surface area contributed by atoms with Crippen LogP contribution in [-0.2, 0) is 18.4 Å². The van der Waals surface area contributed by atoms with Crippen LogP contribution in [0.5, 0.6) is 0 Å². The molecule has 0 aromatic carbocycles. The summed E-state index contributed by atoms with van der Waals surface area (Å²) in [6.45, 7) is 1.78. The second-order valence-corrected chi connectivity index (χ2v) is 4.02. The van der Waals surface area contributed by atoms with Gasteiger partial charge in [-0.15, -0.1) is 0 Å². The quantitative estimate of drug-likeness (QED) is 0.823. The first-order chi connectivity index (χ1) is 8.97. The van der Waals surface area contributed by atoms with Crippen molar-refractivity contribution in [1.29, 1.82) is 0 Å². The summed E-state index contributed by atoms with van der Waals surface area (Å²) in [5.41, 5.74) is 1.36. The largest absolute Gasteiger partial charge is 0.476 e. The van der Waals surface area contributed by atoms with Crippen molar-refractivity contribution < 1.29 is 14.7 Å². The van der Waals surface area contributed by atoms with Crippen molar-refractivity contribution in [1.82, 2.24) is 19.6 Å². The maximum absolute atomic E-state index is 11.8. The van der Waals surface area contributed by atoms with Crippen molar-refractivity contribution in [2.75, 3.05) is 5.32 Å². The second kappa shape index (κ2) is 4.92. The summed E-state index contributed by atoms with van der Waals surface area (Å²) in [7, 11) is 1.78. The molecule has 0 aliphatic heterocycles. The first kappa shape index (κ1) is 12.8. The average Bonchev–Trinajstić information content (AvgIpc) is 2.91. The molecular formula is C11H13N5O3. The van der Waals surface area contributed by atoms with Crippen LogP contribution in [0.15, 0.2) is 18.5 Å². The summed E-state index contributed by atoms with van der Waals surface area (Å²) in [5, 5.41) is 19.2. The number of nitrogens with one attached hydrogen (secondary N) is 1. The van der Waals surface area contributed by atoms with E-state index in [0.717, 1.165) is 5.69 Å². The van der Waals surface area contributed by atoms with Crippen LogP contribution in [-0.4, -0.2) is 36.5 Å². The molecule has 0 fully saturated rings. The summed E-state index contributed by atoms with van der Waals surface area (Å²) >= 11 is 0. The van der Waals surface area contributed by atoms with Crippen LogP contribution in [0.25, 0.3) is 0 Å². The highest BCUT2D eigenvalue weighted by Gasteiger charge is 2.11. The molecule has 0 saturated carbocycles. The molecular weight excluding hydrogens is 250 g/mol. The lowest BCUT2D eigenvalue weighted by molar-refractivity contribution is -0.116. The molecule has 2 rings (SSSR count). The smallest absolute Gasteiger partial charge is 0.356 e. The van der Waals surface area contributed by atoms with Crippen molar-refractivity contribution in [3.05, 3.63) is 29.8 Å². The number of carboxylic acids is 1. The van der Waals surface area contributed by atoms with E-state index in [4.69, 9.17) is 5.11 Å². The topological polar surface area (TPSA) is 102 Å².